The molecule has 0 aliphatic heterocycles. The highest BCUT2D eigenvalue weighted by Crippen LogP contribution is 2.13. The number of alkyl halides is 1. The zero-order valence-electron chi connectivity index (χ0n) is 5.67. The van der Waals surface area contributed by atoms with Crippen molar-refractivity contribution >= 4 is 29.0 Å². The van der Waals surface area contributed by atoms with E-state index in [4.69, 9.17) is 11.6 Å². The summed E-state index contributed by atoms with van der Waals surface area (Å²) in [5, 5.41) is 0. The van der Waals surface area contributed by atoms with Crippen LogP contribution in [0.2, 0.25) is 0 Å². The van der Waals surface area contributed by atoms with E-state index in [1.54, 1.807) is 11.3 Å². The van der Waals surface area contributed by atoms with Crippen LogP contribution in [-0.4, -0.2) is 10.9 Å². The number of hydrogen-bond donors (Lipinski definition) is 0. The minimum Gasteiger partial charge on any atom is -0.249 e. The number of rotatable bonds is 2. The SMILES string of the molecule is Cc1ncsc1C=CCCl. The molecule has 0 saturated heterocycles. The summed E-state index contributed by atoms with van der Waals surface area (Å²) in [6.07, 6.45) is 3.92. The summed E-state index contributed by atoms with van der Waals surface area (Å²) in [5.41, 5.74) is 2.91. The Morgan fingerprint density at radius 2 is 2.60 bits per heavy atom. The third-order valence-electron chi connectivity index (χ3n) is 1.14. The van der Waals surface area contributed by atoms with Gasteiger partial charge in [-0.25, -0.2) is 4.98 Å². The summed E-state index contributed by atoms with van der Waals surface area (Å²) < 4.78 is 0. The lowest BCUT2D eigenvalue weighted by Crippen LogP contribution is -1.71. The van der Waals surface area contributed by atoms with Crippen LogP contribution in [0.4, 0.5) is 0 Å². The highest BCUT2D eigenvalue weighted by atomic mass is 35.5. The average Bonchev–Trinajstić information content (AvgIpc) is 2.31. The van der Waals surface area contributed by atoms with Crippen LogP contribution in [-0.2, 0) is 0 Å². The molecule has 0 atom stereocenters. The van der Waals surface area contributed by atoms with E-state index in [0.717, 1.165) is 5.69 Å². The number of halogens is 1. The monoisotopic (exact) mass is 173 g/mol. The quantitative estimate of drug-likeness (QED) is 0.627. The van der Waals surface area contributed by atoms with Gasteiger partial charge >= 0.3 is 0 Å². The minimum absolute atomic E-state index is 0.567. The van der Waals surface area contributed by atoms with E-state index in [1.165, 1.54) is 4.88 Å². The Balaban J connectivity index is 2.74. The van der Waals surface area contributed by atoms with Gasteiger partial charge in [0.1, 0.15) is 0 Å². The second kappa shape index (κ2) is 3.74. The Labute approximate surface area is 69.4 Å². The van der Waals surface area contributed by atoms with Crippen LogP contribution in [0.3, 0.4) is 0 Å². The highest BCUT2D eigenvalue weighted by molar-refractivity contribution is 7.10. The maximum absolute atomic E-state index is 5.47. The van der Waals surface area contributed by atoms with Gasteiger partial charge in [-0.3, -0.25) is 0 Å². The van der Waals surface area contributed by atoms with Crippen LogP contribution in [0.5, 0.6) is 0 Å². The van der Waals surface area contributed by atoms with Gasteiger partial charge in [-0.2, -0.15) is 0 Å². The maximum Gasteiger partial charge on any atom is 0.0801 e. The number of nitrogens with zero attached hydrogens (tertiary/aromatic N) is 1. The Kier molecular flexibility index (Phi) is 2.90. The molecule has 1 rings (SSSR count). The van der Waals surface area contributed by atoms with Gasteiger partial charge in [-0.1, -0.05) is 6.08 Å². The van der Waals surface area contributed by atoms with E-state index >= 15 is 0 Å². The van der Waals surface area contributed by atoms with Crippen molar-refractivity contribution < 1.29 is 0 Å². The summed E-state index contributed by atoms with van der Waals surface area (Å²) in [6.45, 7) is 1.99. The van der Waals surface area contributed by atoms with Crippen LogP contribution >= 0.6 is 22.9 Å². The minimum atomic E-state index is 0.567. The van der Waals surface area contributed by atoms with Gasteiger partial charge in [-0.05, 0) is 13.0 Å². The molecule has 0 aliphatic carbocycles. The van der Waals surface area contributed by atoms with Crippen LogP contribution in [0.1, 0.15) is 10.6 Å². The van der Waals surface area contributed by atoms with Gasteiger partial charge in [-0.15, -0.1) is 22.9 Å². The first-order valence-corrected chi connectivity index (χ1v) is 4.38. The van der Waals surface area contributed by atoms with Gasteiger partial charge in [0, 0.05) is 10.8 Å². The van der Waals surface area contributed by atoms with Crippen molar-refractivity contribution in [3.8, 4) is 0 Å². The zero-order valence-corrected chi connectivity index (χ0v) is 7.25. The summed E-state index contributed by atoms with van der Waals surface area (Å²) in [7, 11) is 0. The van der Waals surface area contributed by atoms with E-state index < -0.39 is 0 Å². The van der Waals surface area contributed by atoms with Crippen molar-refractivity contribution in [3.05, 3.63) is 22.2 Å². The molecule has 0 fully saturated rings. The van der Waals surface area contributed by atoms with Gasteiger partial charge in [0.15, 0.2) is 0 Å². The third kappa shape index (κ3) is 1.82. The molecule has 10 heavy (non-hydrogen) atoms. The smallest absolute Gasteiger partial charge is 0.0801 e. The molecule has 54 valence electrons. The van der Waals surface area contributed by atoms with Crippen LogP contribution in [0.25, 0.3) is 6.08 Å². The van der Waals surface area contributed by atoms with E-state index in [9.17, 15) is 0 Å². The standard InChI is InChI=1S/C7H8ClNS/c1-6-7(3-2-4-8)10-5-9-6/h2-3,5H,4H2,1H3. The Morgan fingerprint density at radius 3 is 3.10 bits per heavy atom. The van der Waals surface area contributed by atoms with Crippen molar-refractivity contribution in [2.45, 2.75) is 6.92 Å². The van der Waals surface area contributed by atoms with E-state index in [-0.39, 0.29) is 0 Å². The average molecular weight is 174 g/mol. The number of hydrogen-bond acceptors (Lipinski definition) is 2. The van der Waals surface area contributed by atoms with E-state index in [1.807, 2.05) is 24.6 Å². The van der Waals surface area contributed by atoms with Crippen molar-refractivity contribution in [3.63, 3.8) is 0 Å². The van der Waals surface area contributed by atoms with Gasteiger partial charge in [0.05, 0.1) is 11.2 Å². The first-order chi connectivity index (χ1) is 4.84. The molecule has 0 unspecified atom stereocenters. The number of aromatic nitrogens is 1. The third-order valence-corrected chi connectivity index (χ3v) is 2.22. The molecule has 1 aromatic heterocycles. The number of allylic oxidation sites excluding steroid dienone is 1. The summed E-state index contributed by atoms with van der Waals surface area (Å²) in [4.78, 5) is 5.29. The lowest BCUT2D eigenvalue weighted by atomic mass is 10.4. The number of thiazole rings is 1. The van der Waals surface area contributed by atoms with Crippen molar-refractivity contribution in [2.75, 3.05) is 5.88 Å². The molecule has 1 nitrogen and oxygen atoms in total. The van der Waals surface area contributed by atoms with E-state index in [2.05, 4.69) is 4.98 Å². The molecule has 1 heterocycles. The number of aryl methyl sites for hydroxylation is 1. The van der Waals surface area contributed by atoms with Crippen molar-refractivity contribution in [1.29, 1.82) is 0 Å². The van der Waals surface area contributed by atoms with E-state index in [0.29, 0.717) is 5.88 Å². The zero-order chi connectivity index (χ0) is 7.40. The molecule has 0 radical (unpaired) electrons. The predicted octanol–water partition coefficient (Wildman–Crippen LogP) is 2.70. The van der Waals surface area contributed by atoms with Gasteiger partial charge in [0.25, 0.3) is 0 Å². The summed E-state index contributed by atoms with van der Waals surface area (Å²) in [6, 6.07) is 0. The van der Waals surface area contributed by atoms with Crippen molar-refractivity contribution in [1.82, 2.24) is 4.98 Å². The lowest BCUT2D eigenvalue weighted by molar-refractivity contribution is 1.26. The van der Waals surface area contributed by atoms with Crippen LogP contribution in [0, 0.1) is 6.92 Å². The lowest BCUT2D eigenvalue weighted by Gasteiger charge is -1.84. The topological polar surface area (TPSA) is 12.9 Å². The highest BCUT2D eigenvalue weighted by Gasteiger charge is 1.93. The van der Waals surface area contributed by atoms with Crippen molar-refractivity contribution in [2.24, 2.45) is 0 Å². The largest absolute Gasteiger partial charge is 0.249 e. The molecular formula is C7H8ClNS. The fourth-order valence-electron chi connectivity index (χ4n) is 0.623. The molecule has 0 N–H and O–H groups in total. The maximum atomic E-state index is 5.47. The second-order valence-electron chi connectivity index (χ2n) is 1.86. The first kappa shape index (κ1) is 7.76. The molecule has 0 saturated carbocycles. The van der Waals surface area contributed by atoms with Crippen LogP contribution < -0.4 is 0 Å². The molecule has 0 bridgehead atoms. The second-order valence-corrected chi connectivity index (χ2v) is 3.05. The molecule has 0 aliphatic rings. The molecule has 0 aromatic carbocycles. The summed E-state index contributed by atoms with van der Waals surface area (Å²) >= 11 is 7.10. The molecular weight excluding hydrogens is 166 g/mol. The van der Waals surface area contributed by atoms with Gasteiger partial charge < -0.3 is 0 Å². The fraction of sp³-hybridized carbons (Fsp3) is 0.286. The summed E-state index contributed by atoms with van der Waals surface area (Å²) in [5.74, 6) is 0.567. The first-order valence-electron chi connectivity index (χ1n) is 2.97. The predicted molar refractivity (Wildman–Crippen MR) is 46.6 cm³/mol. The normalized spacial score (nSPS) is 11.0. The molecule has 3 heteroatoms. The molecule has 0 amide bonds. The van der Waals surface area contributed by atoms with Crippen LogP contribution in [0.15, 0.2) is 11.6 Å². The molecule has 1 aromatic rings. The Morgan fingerprint density at radius 1 is 1.80 bits per heavy atom. The Bertz CT molecular complexity index is 229. The Hall–Kier alpha value is -0.340. The van der Waals surface area contributed by atoms with Gasteiger partial charge in [0.2, 0.25) is 0 Å². The fourth-order valence-corrected chi connectivity index (χ4v) is 1.43. The molecule has 0 spiro atoms.